The van der Waals surface area contributed by atoms with Crippen LogP contribution in [0, 0.1) is 0 Å². The number of aliphatic carboxylic acids is 1. The maximum absolute atomic E-state index is 11.9. The van der Waals surface area contributed by atoms with Crippen molar-refractivity contribution in [3.8, 4) is 0 Å². The number of nitrogens with zero attached hydrogens (tertiary/aromatic N) is 1. The van der Waals surface area contributed by atoms with E-state index in [0.29, 0.717) is 0 Å². The maximum atomic E-state index is 11.9. The van der Waals surface area contributed by atoms with E-state index in [4.69, 9.17) is 10.8 Å². The Morgan fingerprint density at radius 3 is 2.22 bits per heavy atom. The lowest BCUT2D eigenvalue weighted by atomic mass is 10.1. The van der Waals surface area contributed by atoms with Gasteiger partial charge in [0.15, 0.2) is 0 Å². The molecule has 7 heteroatoms. The van der Waals surface area contributed by atoms with Crippen molar-refractivity contribution in [1.82, 2.24) is 10.2 Å². The van der Waals surface area contributed by atoms with Gasteiger partial charge in [0.05, 0.1) is 19.5 Å². The average molecular weight is 259 g/mol. The van der Waals surface area contributed by atoms with E-state index in [1.54, 1.807) is 20.8 Å². The molecule has 0 fully saturated rings. The van der Waals surface area contributed by atoms with E-state index in [1.807, 2.05) is 0 Å². The first-order chi connectivity index (χ1) is 8.18. The van der Waals surface area contributed by atoms with Gasteiger partial charge in [0.25, 0.3) is 0 Å². The lowest BCUT2D eigenvalue weighted by Crippen LogP contribution is -2.50. The lowest BCUT2D eigenvalue weighted by molar-refractivity contribution is -0.141. The SMILES string of the molecule is CC(C)(C)N(CCC(=O)O)C(=O)CNC(=O)CN. The van der Waals surface area contributed by atoms with Crippen LogP contribution in [0.5, 0.6) is 0 Å². The van der Waals surface area contributed by atoms with Crippen molar-refractivity contribution in [3.63, 3.8) is 0 Å². The lowest BCUT2D eigenvalue weighted by Gasteiger charge is -2.35. The molecule has 0 radical (unpaired) electrons. The summed E-state index contributed by atoms with van der Waals surface area (Å²) in [5.74, 6) is -1.72. The minimum absolute atomic E-state index is 0.107. The summed E-state index contributed by atoms with van der Waals surface area (Å²) in [5.41, 5.74) is 4.60. The van der Waals surface area contributed by atoms with Crippen LogP contribution in [-0.2, 0) is 14.4 Å². The van der Waals surface area contributed by atoms with Crippen molar-refractivity contribution in [3.05, 3.63) is 0 Å². The fourth-order valence-electron chi connectivity index (χ4n) is 1.38. The molecule has 0 aliphatic carbocycles. The van der Waals surface area contributed by atoms with Crippen molar-refractivity contribution in [1.29, 1.82) is 0 Å². The van der Waals surface area contributed by atoms with Gasteiger partial charge in [-0.1, -0.05) is 0 Å². The predicted molar refractivity (Wildman–Crippen MR) is 65.8 cm³/mol. The maximum Gasteiger partial charge on any atom is 0.305 e. The van der Waals surface area contributed by atoms with E-state index in [0.717, 1.165) is 0 Å². The Kier molecular flexibility index (Phi) is 6.32. The second-order valence-electron chi connectivity index (χ2n) is 4.84. The van der Waals surface area contributed by atoms with Crippen molar-refractivity contribution >= 4 is 17.8 Å². The van der Waals surface area contributed by atoms with Gasteiger partial charge in [0.1, 0.15) is 0 Å². The highest BCUT2D eigenvalue weighted by atomic mass is 16.4. The second-order valence-corrected chi connectivity index (χ2v) is 4.84. The van der Waals surface area contributed by atoms with E-state index < -0.39 is 17.4 Å². The van der Waals surface area contributed by atoms with Gasteiger partial charge >= 0.3 is 5.97 Å². The van der Waals surface area contributed by atoms with Crippen LogP contribution < -0.4 is 11.1 Å². The molecule has 0 aromatic heterocycles. The third kappa shape index (κ3) is 6.19. The average Bonchev–Trinajstić information content (AvgIpc) is 2.23. The first-order valence-electron chi connectivity index (χ1n) is 5.67. The minimum Gasteiger partial charge on any atom is -0.481 e. The summed E-state index contributed by atoms with van der Waals surface area (Å²) in [7, 11) is 0. The molecule has 0 rings (SSSR count). The molecule has 0 atom stereocenters. The van der Waals surface area contributed by atoms with Crippen LogP contribution >= 0.6 is 0 Å². The molecule has 0 heterocycles. The number of hydrogen-bond acceptors (Lipinski definition) is 4. The second kappa shape index (κ2) is 6.95. The first kappa shape index (κ1) is 16.4. The highest BCUT2D eigenvalue weighted by Gasteiger charge is 2.26. The highest BCUT2D eigenvalue weighted by Crippen LogP contribution is 2.13. The van der Waals surface area contributed by atoms with Gasteiger partial charge in [0.2, 0.25) is 11.8 Å². The first-order valence-corrected chi connectivity index (χ1v) is 5.67. The zero-order chi connectivity index (χ0) is 14.3. The molecule has 0 aliphatic heterocycles. The molecule has 0 bridgehead atoms. The number of carbonyl (C=O) groups excluding carboxylic acids is 2. The quantitative estimate of drug-likeness (QED) is 0.576. The highest BCUT2D eigenvalue weighted by molar-refractivity contribution is 5.86. The van der Waals surface area contributed by atoms with Gasteiger partial charge in [-0.3, -0.25) is 14.4 Å². The Morgan fingerprint density at radius 2 is 1.83 bits per heavy atom. The molecule has 0 saturated carbocycles. The Hall–Kier alpha value is -1.63. The van der Waals surface area contributed by atoms with Crippen molar-refractivity contribution < 1.29 is 19.5 Å². The number of carboxylic acid groups (broad SMARTS) is 1. The molecule has 104 valence electrons. The summed E-state index contributed by atoms with van der Waals surface area (Å²) in [4.78, 5) is 34.8. The van der Waals surface area contributed by atoms with Gasteiger partial charge < -0.3 is 21.1 Å². The van der Waals surface area contributed by atoms with Gasteiger partial charge in [0, 0.05) is 12.1 Å². The third-order valence-electron chi connectivity index (χ3n) is 2.28. The van der Waals surface area contributed by atoms with Gasteiger partial charge in [-0.2, -0.15) is 0 Å². The number of nitrogens with one attached hydrogen (secondary N) is 1. The molecular formula is C11H21N3O4. The minimum atomic E-state index is -0.969. The van der Waals surface area contributed by atoms with Crippen LogP contribution in [0.25, 0.3) is 0 Å². The summed E-state index contributed by atoms with van der Waals surface area (Å²) in [5, 5.41) is 11.0. The predicted octanol–water partition coefficient (Wildman–Crippen LogP) is -0.837. The summed E-state index contributed by atoms with van der Waals surface area (Å²) in [6.45, 7) is 5.16. The van der Waals surface area contributed by atoms with Gasteiger partial charge in [-0.05, 0) is 20.8 Å². The standard InChI is InChI=1S/C11H21N3O4/c1-11(2,3)14(5-4-10(17)18)9(16)7-13-8(15)6-12/h4-7,12H2,1-3H3,(H,13,15)(H,17,18). The zero-order valence-electron chi connectivity index (χ0n) is 11.0. The smallest absolute Gasteiger partial charge is 0.305 e. The van der Waals surface area contributed by atoms with Crippen molar-refractivity contribution in [2.75, 3.05) is 19.6 Å². The molecule has 0 aromatic carbocycles. The van der Waals surface area contributed by atoms with Crippen LogP contribution in [0.3, 0.4) is 0 Å². The summed E-state index contributed by atoms with van der Waals surface area (Å²) in [6, 6.07) is 0. The van der Waals surface area contributed by atoms with E-state index in [9.17, 15) is 14.4 Å². The molecule has 2 amide bonds. The van der Waals surface area contributed by atoms with Crippen molar-refractivity contribution in [2.45, 2.75) is 32.7 Å². The third-order valence-corrected chi connectivity index (χ3v) is 2.28. The molecule has 0 saturated heterocycles. The molecule has 7 nitrogen and oxygen atoms in total. The molecule has 0 aromatic rings. The number of carbonyl (C=O) groups is 3. The number of amides is 2. The number of carboxylic acids is 1. The Bertz CT molecular complexity index is 323. The summed E-state index contributed by atoms with van der Waals surface area (Å²) < 4.78 is 0. The van der Waals surface area contributed by atoms with Crippen LogP contribution in [0.1, 0.15) is 27.2 Å². The Morgan fingerprint density at radius 1 is 1.28 bits per heavy atom. The monoisotopic (exact) mass is 259 g/mol. The van der Waals surface area contributed by atoms with Crippen LogP contribution in [0.2, 0.25) is 0 Å². The van der Waals surface area contributed by atoms with Crippen molar-refractivity contribution in [2.24, 2.45) is 5.73 Å². The number of nitrogens with two attached hydrogens (primary N) is 1. The normalized spacial score (nSPS) is 10.9. The molecule has 0 unspecified atom stereocenters. The number of hydrogen-bond donors (Lipinski definition) is 3. The van der Waals surface area contributed by atoms with Gasteiger partial charge in [-0.15, -0.1) is 0 Å². The Labute approximate surface area is 106 Å². The Balaban J connectivity index is 4.51. The molecule has 0 aliphatic rings. The fourth-order valence-corrected chi connectivity index (χ4v) is 1.38. The van der Waals surface area contributed by atoms with Gasteiger partial charge in [-0.25, -0.2) is 0 Å². The van der Waals surface area contributed by atoms with E-state index >= 15 is 0 Å². The largest absolute Gasteiger partial charge is 0.481 e. The summed E-state index contributed by atoms with van der Waals surface area (Å²) >= 11 is 0. The molecule has 18 heavy (non-hydrogen) atoms. The molecular weight excluding hydrogens is 238 g/mol. The van der Waals surface area contributed by atoms with E-state index in [-0.39, 0.29) is 32.0 Å². The van der Waals surface area contributed by atoms with Crippen LogP contribution in [-0.4, -0.2) is 53.0 Å². The topological polar surface area (TPSA) is 113 Å². The van der Waals surface area contributed by atoms with Crippen LogP contribution in [0.4, 0.5) is 0 Å². The molecule has 0 spiro atoms. The molecule has 4 N–H and O–H groups in total. The van der Waals surface area contributed by atoms with E-state index in [1.165, 1.54) is 4.90 Å². The number of rotatable bonds is 6. The van der Waals surface area contributed by atoms with E-state index in [2.05, 4.69) is 5.32 Å². The zero-order valence-corrected chi connectivity index (χ0v) is 11.0. The fraction of sp³-hybridized carbons (Fsp3) is 0.727. The van der Waals surface area contributed by atoms with Crippen LogP contribution in [0.15, 0.2) is 0 Å². The summed E-state index contributed by atoms with van der Waals surface area (Å²) in [6.07, 6.45) is -0.131.